The third-order valence-electron chi connectivity index (χ3n) is 3.57. The number of nitrogens with zero attached hydrogens (tertiary/aromatic N) is 1. The van der Waals surface area contributed by atoms with Gasteiger partial charge in [-0.15, -0.1) is 0 Å². The zero-order chi connectivity index (χ0) is 17.8. The molecule has 0 aliphatic carbocycles. The molecule has 1 fully saturated rings. The fourth-order valence-corrected chi connectivity index (χ4v) is 3.21. The van der Waals surface area contributed by atoms with E-state index in [-0.39, 0.29) is 11.1 Å². The van der Waals surface area contributed by atoms with Crippen LogP contribution in [0.1, 0.15) is 22.8 Å². The van der Waals surface area contributed by atoms with Crippen molar-refractivity contribution in [3.63, 3.8) is 0 Å². The highest BCUT2D eigenvalue weighted by atomic mass is 32.2. The summed E-state index contributed by atoms with van der Waals surface area (Å²) in [5, 5.41) is -0.343. The highest BCUT2D eigenvalue weighted by Crippen LogP contribution is 2.36. The maximum atomic E-state index is 12.6. The van der Waals surface area contributed by atoms with E-state index in [4.69, 9.17) is 4.74 Å². The topological polar surface area (TPSA) is 63.7 Å². The minimum absolute atomic E-state index is 0.343. The third kappa shape index (κ3) is 3.64. The van der Waals surface area contributed by atoms with Crippen molar-refractivity contribution in [1.82, 2.24) is 0 Å². The second-order valence-corrected chi connectivity index (χ2v) is 6.22. The van der Waals surface area contributed by atoms with E-state index in [0.717, 1.165) is 28.5 Å². The summed E-state index contributed by atoms with van der Waals surface area (Å²) in [4.78, 5) is 37.0. The maximum Gasteiger partial charge on any atom is 0.298 e. The first-order valence-electron chi connectivity index (χ1n) is 7.68. The molecule has 0 unspecified atom stereocenters. The molecule has 2 aromatic carbocycles. The van der Waals surface area contributed by atoms with Crippen molar-refractivity contribution >= 4 is 41.0 Å². The van der Waals surface area contributed by atoms with Crippen molar-refractivity contribution in [1.29, 1.82) is 0 Å². The Kier molecular flexibility index (Phi) is 5.00. The lowest BCUT2D eigenvalue weighted by atomic mass is 10.1. The van der Waals surface area contributed by atoms with Crippen molar-refractivity contribution in [3.05, 3.63) is 64.6 Å². The first-order valence-corrected chi connectivity index (χ1v) is 8.50. The number of hydrogen-bond acceptors (Lipinski definition) is 5. The largest absolute Gasteiger partial charge is 0.494 e. The second-order valence-electron chi connectivity index (χ2n) is 5.23. The summed E-state index contributed by atoms with van der Waals surface area (Å²) in [5.41, 5.74) is 1.81. The fraction of sp³-hybridized carbons (Fsp3) is 0.105. The summed E-state index contributed by atoms with van der Waals surface area (Å²) < 4.78 is 5.37. The average molecular weight is 353 g/mol. The Morgan fingerprint density at radius 2 is 1.64 bits per heavy atom. The molecule has 3 rings (SSSR count). The number of thioether (sulfide) groups is 1. The zero-order valence-corrected chi connectivity index (χ0v) is 14.3. The lowest BCUT2D eigenvalue weighted by Gasteiger charge is -2.13. The molecule has 2 aromatic rings. The molecule has 1 aliphatic heterocycles. The first kappa shape index (κ1) is 17.0. The Bertz CT molecular complexity index is 841. The van der Waals surface area contributed by atoms with Gasteiger partial charge < -0.3 is 4.74 Å². The second kappa shape index (κ2) is 7.36. The van der Waals surface area contributed by atoms with Crippen LogP contribution in [0.15, 0.2) is 53.4 Å². The zero-order valence-electron chi connectivity index (χ0n) is 13.5. The number of hydrogen-bond donors (Lipinski definition) is 0. The predicted octanol–water partition coefficient (Wildman–Crippen LogP) is 4.14. The van der Waals surface area contributed by atoms with E-state index in [1.165, 1.54) is 0 Å². The monoisotopic (exact) mass is 353 g/mol. The number of benzene rings is 2. The molecule has 0 aromatic heterocycles. The van der Waals surface area contributed by atoms with Gasteiger partial charge in [0.2, 0.25) is 0 Å². The van der Waals surface area contributed by atoms with Crippen LogP contribution in [0.3, 0.4) is 0 Å². The number of rotatable bonds is 5. The maximum absolute atomic E-state index is 12.6. The van der Waals surface area contributed by atoms with Gasteiger partial charge in [-0.1, -0.05) is 24.3 Å². The number of ether oxygens (including phenoxy) is 1. The molecule has 6 heteroatoms. The quantitative estimate of drug-likeness (QED) is 0.597. The SMILES string of the molecule is CCOc1ccc(N2C(=O)S/C(=C/c3ccc(C=O)cc3)C2=O)cc1. The summed E-state index contributed by atoms with van der Waals surface area (Å²) in [6, 6.07) is 13.6. The minimum Gasteiger partial charge on any atom is -0.494 e. The van der Waals surface area contributed by atoms with Crippen LogP contribution in [-0.2, 0) is 4.79 Å². The van der Waals surface area contributed by atoms with Crippen molar-refractivity contribution in [2.45, 2.75) is 6.92 Å². The van der Waals surface area contributed by atoms with E-state index in [0.29, 0.717) is 28.5 Å². The highest BCUT2D eigenvalue weighted by Gasteiger charge is 2.36. The lowest BCUT2D eigenvalue weighted by Crippen LogP contribution is -2.27. The van der Waals surface area contributed by atoms with Crippen LogP contribution in [0.4, 0.5) is 10.5 Å². The van der Waals surface area contributed by atoms with Gasteiger partial charge in [-0.3, -0.25) is 14.4 Å². The van der Waals surface area contributed by atoms with Gasteiger partial charge in [-0.25, -0.2) is 4.90 Å². The predicted molar refractivity (Wildman–Crippen MR) is 97.9 cm³/mol. The molecule has 0 spiro atoms. The molecule has 0 bridgehead atoms. The average Bonchev–Trinajstić information content (AvgIpc) is 2.90. The smallest absolute Gasteiger partial charge is 0.298 e. The van der Waals surface area contributed by atoms with Crippen LogP contribution in [0, 0.1) is 0 Å². The van der Waals surface area contributed by atoms with Crippen molar-refractivity contribution in [3.8, 4) is 5.75 Å². The number of amides is 2. The Morgan fingerprint density at radius 3 is 2.24 bits per heavy atom. The Balaban J connectivity index is 1.83. The molecule has 2 amide bonds. The molecule has 1 saturated heterocycles. The Morgan fingerprint density at radius 1 is 1.00 bits per heavy atom. The van der Waals surface area contributed by atoms with E-state index in [1.807, 2.05) is 6.92 Å². The fourth-order valence-electron chi connectivity index (χ4n) is 2.37. The van der Waals surface area contributed by atoms with Gasteiger partial charge in [-0.2, -0.15) is 0 Å². The van der Waals surface area contributed by atoms with Crippen LogP contribution in [-0.4, -0.2) is 24.0 Å². The first-order chi connectivity index (χ1) is 12.1. The number of carbonyl (C=O) groups is 3. The molecule has 0 saturated carbocycles. The molecule has 0 N–H and O–H groups in total. The van der Waals surface area contributed by atoms with E-state index in [1.54, 1.807) is 54.6 Å². The van der Waals surface area contributed by atoms with Crippen LogP contribution >= 0.6 is 11.8 Å². The molecular formula is C19H15NO4S. The minimum atomic E-state index is -0.362. The molecule has 0 radical (unpaired) electrons. The van der Waals surface area contributed by atoms with Gasteiger partial charge in [0.15, 0.2) is 0 Å². The highest BCUT2D eigenvalue weighted by molar-refractivity contribution is 8.19. The molecular weight excluding hydrogens is 338 g/mol. The van der Waals surface area contributed by atoms with E-state index in [2.05, 4.69) is 0 Å². The van der Waals surface area contributed by atoms with Gasteiger partial charge in [0.25, 0.3) is 11.1 Å². The molecule has 0 atom stereocenters. The van der Waals surface area contributed by atoms with Crippen LogP contribution in [0.25, 0.3) is 6.08 Å². The van der Waals surface area contributed by atoms with Crippen molar-refractivity contribution < 1.29 is 19.1 Å². The van der Waals surface area contributed by atoms with Crippen LogP contribution < -0.4 is 9.64 Å². The number of aldehydes is 1. The summed E-state index contributed by atoms with van der Waals surface area (Å²) in [6.07, 6.45) is 2.40. The van der Waals surface area contributed by atoms with Gasteiger partial charge in [-0.05, 0) is 54.6 Å². The summed E-state index contributed by atoms with van der Waals surface area (Å²) >= 11 is 0.894. The molecule has 1 aliphatic rings. The van der Waals surface area contributed by atoms with Gasteiger partial charge in [0.1, 0.15) is 12.0 Å². The third-order valence-corrected chi connectivity index (χ3v) is 4.44. The Hall–Kier alpha value is -2.86. The summed E-state index contributed by atoms with van der Waals surface area (Å²) in [5.74, 6) is 0.322. The molecule has 1 heterocycles. The van der Waals surface area contributed by atoms with Gasteiger partial charge in [0.05, 0.1) is 17.2 Å². The van der Waals surface area contributed by atoms with Crippen molar-refractivity contribution in [2.75, 3.05) is 11.5 Å². The van der Waals surface area contributed by atoms with Gasteiger partial charge >= 0.3 is 0 Å². The van der Waals surface area contributed by atoms with Gasteiger partial charge in [0, 0.05) is 5.56 Å². The molecule has 126 valence electrons. The normalized spacial score (nSPS) is 15.7. The standard InChI is InChI=1S/C19H15NO4S/c1-2-24-16-9-7-15(8-10-16)20-18(22)17(25-19(20)23)11-13-3-5-14(12-21)6-4-13/h3-12H,2H2,1H3/b17-11+. The molecule has 25 heavy (non-hydrogen) atoms. The number of imide groups is 1. The van der Waals surface area contributed by atoms with E-state index >= 15 is 0 Å². The number of anilines is 1. The van der Waals surface area contributed by atoms with E-state index < -0.39 is 0 Å². The number of carbonyl (C=O) groups excluding carboxylic acids is 3. The van der Waals surface area contributed by atoms with Crippen LogP contribution in [0.5, 0.6) is 5.75 Å². The molecule has 5 nitrogen and oxygen atoms in total. The van der Waals surface area contributed by atoms with Crippen molar-refractivity contribution in [2.24, 2.45) is 0 Å². The van der Waals surface area contributed by atoms with Crippen LogP contribution in [0.2, 0.25) is 0 Å². The Labute approximate surface area is 149 Å². The summed E-state index contributed by atoms with van der Waals surface area (Å²) in [7, 11) is 0. The van der Waals surface area contributed by atoms with E-state index in [9.17, 15) is 14.4 Å². The summed E-state index contributed by atoms with van der Waals surface area (Å²) in [6.45, 7) is 2.43. The lowest BCUT2D eigenvalue weighted by molar-refractivity contribution is -0.113.